The molecule has 312 valence electrons. The zero-order valence-corrected chi connectivity index (χ0v) is 34.0. The van der Waals surface area contributed by atoms with Crippen LogP contribution in [0.1, 0.15) is 107 Å². The Labute approximate surface area is 349 Å². The van der Waals surface area contributed by atoms with E-state index in [2.05, 4.69) is 61.0 Å². The van der Waals surface area contributed by atoms with Gasteiger partial charge < -0.3 is 19.5 Å². The van der Waals surface area contributed by atoms with E-state index in [9.17, 15) is 9.59 Å². The van der Waals surface area contributed by atoms with Crippen molar-refractivity contribution in [1.29, 1.82) is 0 Å². The average Bonchev–Trinajstić information content (AvgIpc) is 3.96. The first kappa shape index (κ1) is 41.9. The molecule has 16 nitrogen and oxygen atoms in total. The fraction of sp³-hybridized carbons (Fsp3) is 0.364. The molecule has 60 heavy (non-hydrogen) atoms. The van der Waals surface area contributed by atoms with E-state index in [-0.39, 0.29) is 11.4 Å². The van der Waals surface area contributed by atoms with E-state index in [4.69, 9.17) is 8.83 Å². The summed E-state index contributed by atoms with van der Waals surface area (Å²) in [5.74, 6) is -0.0919. The van der Waals surface area contributed by atoms with Crippen molar-refractivity contribution in [3.63, 3.8) is 0 Å². The molecule has 1 aliphatic rings. The molecule has 1 aliphatic heterocycles. The van der Waals surface area contributed by atoms with Gasteiger partial charge in [-0.05, 0) is 101 Å². The normalized spacial score (nSPS) is 18.7. The number of rotatable bonds is 16. The third kappa shape index (κ3) is 12.4. The largest absolute Gasteiger partial charge is 0.446 e. The van der Waals surface area contributed by atoms with Crippen molar-refractivity contribution < 1.29 is 18.4 Å². The summed E-state index contributed by atoms with van der Waals surface area (Å²) in [6.07, 6.45) is 11.6. The summed E-state index contributed by atoms with van der Waals surface area (Å²) in [6.45, 7) is 7.71. The summed E-state index contributed by atoms with van der Waals surface area (Å²) in [5.41, 5.74) is 4.14. The number of carbonyl (C=O) groups excluding carboxylic acids is 2. The maximum absolute atomic E-state index is 13.6. The van der Waals surface area contributed by atoms with Gasteiger partial charge >= 0.3 is 0 Å². The van der Waals surface area contributed by atoms with E-state index in [1.165, 1.54) is 12.5 Å². The van der Waals surface area contributed by atoms with Crippen molar-refractivity contribution in [3.05, 3.63) is 156 Å². The molecule has 0 aromatic carbocycles. The Morgan fingerprint density at radius 3 is 1.20 bits per heavy atom. The van der Waals surface area contributed by atoms with Crippen LogP contribution >= 0.6 is 0 Å². The van der Waals surface area contributed by atoms with Crippen LogP contribution in [0.15, 0.2) is 119 Å². The van der Waals surface area contributed by atoms with Crippen LogP contribution in [0.3, 0.4) is 0 Å². The van der Waals surface area contributed by atoms with Crippen molar-refractivity contribution in [3.8, 4) is 0 Å². The molecule has 0 spiro atoms. The molecule has 4 bridgehead atoms. The molecule has 7 heterocycles. The maximum Gasteiger partial charge on any atom is 0.274 e. The van der Waals surface area contributed by atoms with E-state index in [1.807, 2.05) is 86.6 Å². The number of aromatic nitrogens is 6. The molecular formula is C44H52N12O4. The number of hydrogen-bond acceptors (Lipinski definition) is 14. The minimum Gasteiger partial charge on any atom is -0.446 e. The van der Waals surface area contributed by atoms with Gasteiger partial charge in [0.25, 0.3) is 11.8 Å². The number of fused-ring (bicyclic) bond motifs is 4. The highest BCUT2D eigenvalue weighted by atomic mass is 16.3. The van der Waals surface area contributed by atoms with Crippen molar-refractivity contribution in [2.24, 2.45) is 0 Å². The monoisotopic (exact) mass is 812 g/mol. The number of pyridine rings is 4. The molecule has 4 N–H and O–H groups in total. The molecule has 4 atom stereocenters. The zero-order valence-electron chi connectivity index (χ0n) is 34.0. The Kier molecular flexibility index (Phi) is 14.8. The van der Waals surface area contributed by atoms with Crippen molar-refractivity contribution in [2.75, 3.05) is 13.1 Å². The van der Waals surface area contributed by atoms with E-state index >= 15 is 0 Å². The van der Waals surface area contributed by atoms with Crippen LogP contribution in [0, 0.1) is 0 Å². The van der Waals surface area contributed by atoms with Crippen LogP contribution in [0.4, 0.5) is 0 Å². The molecule has 0 unspecified atom stereocenters. The first-order chi connectivity index (χ1) is 29.3. The highest BCUT2D eigenvalue weighted by Gasteiger charge is 2.27. The Morgan fingerprint density at radius 1 is 0.533 bits per heavy atom. The predicted octanol–water partition coefficient (Wildman–Crippen LogP) is 5.33. The highest BCUT2D eigenvalue weighted by molar-refractivity contribution is 5.92. The van der Waals surface area contributed by atoms with Crippen molar-refractivity contribution in [2.45, 2.75) is 90.1 Å². The standard InChI is InChI=1S/C44H52N12O4/c1-31-49-37(17-11-23-55(25-33-13-3-7-19-45-33)26-34-14-4-8-20-46-34)43-54-40(30-59-43)42(58)52-32(2)50-38(44-53-39(29-60-44)41(57)51-31)18-12-24-56(27-35-15-5-9-21-47-35)28-36-16-6-10-22-48-36/h3-10,13-16,19-22,29-32,37-38,49-50H,11-12,17-18,23-28H2,1-2H3,(H,51,57)(H,52,58)/t31-,32-,37-,38-/m0/s1. The third-order valence-electron chi connectivity index (χ3n) is 10.1. The van der Waals surface area contributed by atoms with Crippen LogP contribution < -0.4 is 21.3 Å². The van der Waals surface area contributed by atoms with Gasteiger partial charge in [0.05, 0.1) is 47.2 Å². The summed E-state index contributed by atoms with van der Waals surface area (Å²) in [5, 5.41) is 12.9. The van der Waals surface area contributed by atoms with Crippen molar-refractivity contribution in [1.82, 2.24) is 61.0 Å². The second-order valence-electron chi connectivity index (χ2n) is 15.0. The minimum absolute atomic E-state index is 0.149. The molecule has 0 saturated carbocycles. The number of amides is 2. The van der Waals surface area contributed by atoms with Crippen molar-refractivity contribution >= 4 is 11.8 Å². The molecule has 0 aliphatic carbocycles. The first-order valence-corrected chi connectivity index (χ1v) is 20.4. The summed E-state index contributed by atoms with van der Waals surface area (Å²) >= 11 is 0. The SMILES string of the molecule is C[C@@H]1NC(=O)c2coc(n2)[C@H](CCCN(Cc2ccccn2)Cc2ccccn2)N[C@H](C)NC(=O)c2coc(n2)[C@H](CCCN(Cc2ccccn2)Cc2ccccn2)N1. The third-order valence-corrected chi connectivity index (χ3v) is 10.1. The lowest BCUT2D eigenvalue weighted by Gasteiger charge is -2.25. The Bertz CT molecular complexity index is 1970. The van der Waals surface area contributed by atoms with Gasteiger partial charge in [-0.3, -0.25) is 50.0 Å². The fourth-order valence-corrected chi connectivity index (χ4v) is 7.24. The number of nitrogens with one attached hydrogen (secondary N) is 4. The van der Waals surface area contributed by atoms with Gasteiger partial charge in [0, 0.05) is 51.0 Å². The van der Waals surface area contributed by atoms with Crippen LogP contribution in [-0.4, -0.2) is 76.9 Å². The number of hydrogen-bond donors (Lipinski definition) is 4. The molecule has 16 heteroatoms. The molecule has 7 rings (SSSR count). The van der Waals surface area contributed by atoms with Gasteiger partial charge in [-0.25, -0.2) is 9.97 Å². The number of oxazole rings is 2. The Morgan fingerprint density at radius 2 is 0.883 bits per heavy atom. The topological polar surface area (TPSA) is 192 Å². The minimum atomic E-state index is -0.518. The summed E-state index contributed by atoms with van der Waals surface area (Å²) in [4.78, 5) is 59.1. The summed E-state index contributed by atoms with van der Waals surface area (Å²) < 4.78 is 11.9. The second kappa shape index (κ2) is 21.2. The van der Waals surface area contributed by atoms with Gasteiger partial charge in [0.2, 0.25) is 11.8 Å². The quantitative estimate of drug-likeness (QED) is 0.0980. The molecule has 6 aromatic rings. The lowest BCUT2D eigenvalue weighted by atomic mass is 10.1. The van der Waals surface area contributed by atoms with Gasteiger partial charge in [0.1, 0.15) is 12.5 Å². The highest BCUT2D eigenvalue weighted by Crippen LogP contribution is 2.23. The van der Waals surface area contributed by atoms with E-state index < -0.39 is 36.2 Å². The molecule has 0 fully saturated rings. The lowest BCUT2D eigenvalue weighted by Crippen LogP contribution is -2.46. The maximum atomic E-state index is 13.6. The Balaban J connectivity index is 1.03. The number of carbonyl (C=O) groups is 2. The molecule has 0 saturated heterocycles. The summed E-state index contributed by atoms with van der Waals surface area (Å²) in [6, 6.07) is 22.7. The van der Waals surface area contributed by atoms with Gasteiger partial charge in [-0.15, -0.1) is 0 Å². The lowest BCUT2D eigenvalue weighted by molar-refractivity contribution is 0.0916. The van der Waals surface area contributed by atoms with Crippen LogP contribution in [0.5, 0.6) is 0 Å². The van der Waals surface area contributed by atoms with Crippen LogP contribution in [0.25, 0.3) is 0 Å². The molecule has 0 radical (unpaired) electrons. The molecular weight excluding hydrogens is 761 g/mol. The van der Waals surface area contributed by atoms with E-state index in [1.54, 1.807) is 24.8 Å². The molecule has 2 amide bonds. The fourth-order valence-electron chi connectivity index (χ4n) is 7.24. The molecule has 6 aromatic heterocycles. The van der Waals surface area contributed by atoms with Gasteiger partial charge in [-0.1, -0.05) is 24.3 Å². The second-order valence-corrected chi connectivity index (χ2v) is 15.0. The smallest absolute Gasteiger partial charge is 0.274 e. The average molecular weight is 813 g/mol. The van der Waals surface area contributed by atoms with E-state index in [0.717, 1.165) is 48.7 Å². The zero-order chi connectivity index (χ0) is 41.5. The first-order valence-electron chi connectivity index (χ1n) is 20.4. The predicted molar refractivity (Wildman–Crippen MR) is 222 cm³/mol. The summed E-state index contributed by atoms with van der Waals surface area (Å²) in [7, 11) is 0. The van der Waals surface area contributed by atoms with Crippen LogP contribution in [-0.2, 0) is 26.2 Å². The van der Waals surface area contributed by atoms with Gasteiger partial charge in [-0.2, -0.15) is 0 Å². The van der Waals surface area contributed by atoms with Gasteiger partial charge in [0.15, 0.2) is 11.4 Å². The van der Waals surface area contributed by atoms with E-state index in [0.29, 0.717) is 50.8 Å². The Hall–Kier alpha value is -6.20. The van der Waals surface area contributed by atoms with Crippen LogP contribution in [0.2, 0.25) is 0 Å². The number of nitrogens with zero attached hydrogens (tertiary/aromatic N) is 8.